The zero-order chi connectivity index (χ0) is 19.3. The molecule has 3 N–H and O–H groups in total. The average Bonchev–Trinajstić information content (AvgIpc) is 2.54. The molecule has 0 radical (unpaired) electrons. The first-order valence-electron chi connectivity index (χ1n) is 8.40. The van der Waals surface area contributed by atoms with Gasteiger partial charge in [0.15, 0.2) is 11.1 Å². The van der Waals surface area contributed by atoms with Gasteiger partial charge in [-0.3, -0.25) is 0 Å². The molecule has 144 valence electrons. The molecule has 1 atom stereocenters. The van der Waals surface area contributed by atoms with Crippen LogP contribution in [0.4, 0.5) is 15.3 Å². The lowest BCUT2D eigenvalue weighted by atomic mass is 10.1. The topological polar surface area (TPSA) is 108 Å². The first-order valence-corrected chi connectivity index (χ1v) is 9.51. The van der Waals surface area contributed by atoms with Gasteiger partial charge in [-0.05, 0) is 57.9 Å². The Balaban J connectivity index is 1.77. The predicted molar refractivity (Wildman–Crippen MR) is 98.5 cm³/mol. The van der Waals surface area contributed by atoms with E-state index in [4.69, 9.17) is 9.29 Å². The molecule has 1 aromatic carbocycles. The fourth-order valence-corrected chi connectivity index (χ4v) is 2.91. The Bertz CT molecular complexity index is 664. The van der Waals surface area contributed by atoms with Gasteiger partial charge >= 0.3 is 12.1 Å². The third kappa shape index (κ3) is 6.30. The van der Waals surface area contributed by atoms with Crippen molar-refractivity contribution in [2.75, 3.05) is 18.4 Å². The van der Waals surface area contributed by atoms with Crippen LogP contribution in [0, 0.1) is 0 Å². The Labute approximate surface area is 155 Å². The van der Waals surface area contributed by atoms with E-state index in [9.17, 15) is 13.8 Å². The molecule has 1 aliphatic rings. The zero-order valence-corrected chi connectivity index (χ0v) is 16.0. The van der Waals surface area contributed by atoms with Gasteiger partial charge in [-0.2, -0.15) is 0 Å². The van der Waals surface area contributed by atoms with Crippen molar-refractivity contribution in [2.24, 2.45) is 0 Å². The van der Waals surface area contributed by atoms with Crippen molar-refractivity contribution >= 4 is 28.9 Å². The number of benzene rings is 1. The molecule has 0 spiro atoms. The van der Waals surface area contributed by atoms with Crippen molar-refractivity contribution in [3.63, 3.8) is 0 Å². The average molecular weight is 383 g/mol. The maximum atomic E-state index is 12.1. The Hall–Kier alpha value is -2.13. The second kappa shape index (κ2) is 8.50. The molecule has 2 rings (SSSR count). The molecule has 1 heterocycles. The highest BCUT2D eigenvalue weighted by Gasteiger charge is 2.27. The molecule has 8 nitrogen and oxygen atoms in total. The van der Waals surface area contributed by atoms with Crippen molar-refractivity contribution < 1.29 is 23.1 Å². The number of piperidine rings is 1. The van der Waals surface area contributed by atoms with E-state index in [1.807, 2.05) is 20.8 Å². The number of likely N-dealkylation sites (tertiary alicyclic amines) is 1. The van der Waals surface area contributed by atoms with Crippen molar-refractivity contribution in [2.45, 2.75) is 50.2 Å². The molecule has 0 bridgehead atoms. The summed E-state index contributed by atoms with van der Waals surface area (Å²) in [4.78, 5) is 26.0. The van der Waals surface area contributed by atoms with Crippen LogP contribution >= 0.6 is 0 Å². The molecule has 3 amide bonds. The highest BCUT2D eigenvalue weighted by atomic mass is 32.2. The van der Waals surface area contributed by atoms with Gasteiger partial charge in [0.25, 0.3) is 0 Å². The molecule has 1 unspecified atom stereocenters. The molecule has 0 saturated carbocycles. The normalized spacial score (nSPS) is 16.7. The number of carbonyl (C=O) groups is 2. The summed E-state index contributed by atoms with van der Waals surface area (Å²) in [5.74, 6) is 0. The number of anilines is 1. The molecule has 0 aromatic heterocycles. The Morgan fingerprint density at radius 1 is 1.19 bits per heavy atom. The smallest absolute Gasteiger partial charge is 0.410 e. The first kappa shape index (κ1) is 20.2. The molecule has 1 saturated heterocycles. The van der Waals surface area contributed by atoms with Gasteiger partial charge < -0.3 is 24.8 Å². The SMILES string of the molecule is CC(C)(C)OC(=O)N1CCC(NC(=O)Nc2ccc(S(=O)O)cc2)CC1. The Morgan fingerprint density at radius 3 is 2.27 bits per heavy atom. The summed E-state index contributed by atoms with van der Waals surface area (Å²) in [6.07, 6.45) is 0.964. The van der Waals surface area contributed by atoms with Crippen LogP contribution in [-0.4, -0.2) is 50.5 Å². The van der Waals surface area contributed by atoms with Crippen LogP contribution in [0.25, 0.3) is 0 Å². The van der Waals surface area contributed by atoms with Gasteiger partial charge in [0.05, 0.1) is 4.90 Å². The standard InChI is InChI=1S/C17H25N3O5S/c1-17(2,3)25-16(22)20-10-8-13(9-11-20)19-15(21)18-12-4-6-14(7-5-12)26(23)24/h4-7,13H,8-11H2,1-3H3,(H,23,24)(H2,18,19,21). The van der Waals surface area contributed by atoms with Gasteiger partial charge in [-0.15, -0.1) is 0 Å². The predicted octanol–water partition coefficient (Wildman–Crippen LogP) is 2.79. The van der Waals surface area contributed by atoms with Crippen LogP contribution in [0.5, 0.6) is 0 Å². The highest BCUT2D eigenvalue weighted by molar-refractivity contribution is 7.79. The van der Waals surface area contributed by atoms with Crippen LogP contribution in [-0.2, 0) is 15.8 Å². The third-order valence-electron chi connectivity index (χ3n) is 3.80. The van der Waals surface area contributed by atoms with Crippen molar-refractivity contribution in [3.05, 3.63) is 24.3 Å². The van der Waals surface area contributed by atoms with Crippen LogP contribution in [0.1, 0.15) is 33.6 Å². The van der Waals surface area contributed by atoms with Gasteiger partial charge in [-0.25, -0.2) is 13.8 Å². The monoisotopic (exact) mass is 383 g/mol. The van der Waals surface area contributed by atoms with Gasteiger partial charge in [-0.1, -0.05) is 0 Å². The van der Waals surface area contributed by atoms with E-state index in [2.05, 4.69) is 10.6 Å². The van der Waals surface area contributed by atoms with E-state index in [0.29, 0.717) is 31.6 Å². The number of hydrogen-bond acceptors (Lipinski definition) is 4. The number of rotatable bonds is 3. The van der Waals surface area contributed by atoms with Crippen molar-refractivity contribution in [1.82, 2.24) is 10.2 Å². The lowest BCUT2D eigenvalue weighted by molar-refractivity contribution is 0.0202. The minimum absolute atomic E-state index is 0.0297. The number of carbonyl (C=O) groups excluding carboxylic acids is 2. The lowest BCUT2D eigenvalue weighted by Crippen LogP contribution is -2.48. The summed E-state index contributed by atoms with van der Waals surface area (Å²) in [5.41, 5.74) is 0.00689. The van der Waals surface area contributed by atoms with E-state index >= 15 is 0 Å². The summed E-state index contributed by atoms with van der Waals surface area (Å²) >= 11 is -2.04. The van der Waals surface area contributed by atoms with Gasteiger partial charge in [0.2, 0.25) is 0 Å². The van der Waals surface area contributed by atoms with Crippen molar-refractivity contribution in [1.29, 1.82) is 0 Å². The van der Waals surface area contributed by atoms with Crippen molar-refractivity contribution in [3.8, 4) is 0 Å². The van der Waals surface area contributed by atoms with E-state index in [1.165, 1.54) is 12.1 Å². The molecular formula is C17H25N3O5S. The summed E-state index contributed by atoms with van der Waals surface area (Å²) in [5, 5.41) is 5.56. The minimum Gasteiger partial charge on any atom is -0.444 e. The minimum atomic E-state index is -2.04. The second-order valence-electron chi connectivity index (χ2n) is 7.11. The molecular weight excluding hydrogens is 358 g/mol. The quantitative estimate of drug-likeness (QED) is 0.696. The summed E-state index contributed by atoms with van der Waals surface area (Å²) in [7, 11) is 0. The van der Waals surface area contributed by atoms with Crippen LogP contribution in [0.2, 0.25) is 0 Å². The molecule has 0 aliphatic carbocycles. The van der Waals surface area contributed by atoms with Crippen LogP contribution in [0.3, 0.4) is 0 Å². The highest BCUT2D eigenvalue weighted by Crippen LogP contribution is 2.16. The summed E-state index contributed by atoms with van der Waals surface area (Å²) in [6, 6.07) is 5.70. The van der Waals surface area contributed by atoms with E-state index in [-0.39, 0.29) is 23.1 Å². The fourth-order valence-electron chi connectivity index (χ4n) is 2.54. The van der Waals surface area contributed by atoms with E-state index < -0.39 is 16.7 Å². The third-order valence-corrected chi connectivity index (χ3v) is 4.47. The van der Waals surface area contributed by atoms with Gasteiger partial charge in [0, 0.05) is 24.8 Å². The zero-order valence-electron chi connectivity index (χ0n) is 15.2. The fraction of sp³-hybridized carbons (Fsp3) is 0.529. The lowest BCUT2D eigenvalue weighted by Gasteiger charge is -2.33. The van der Waals surface area contributed by atoms with E-state index in [1.54, 1.807) is 17.0 Å². The van der Waals surface area contributed by atoms with Crippen LogP contribution < -0.4 is 10.6 Å². The molecule has 1 fully saturated rings. The number of hydrogen-bond donors (Lipinski definition) is 3. The number of urea groups is 1. The number of nitrogens with one attached hydrogen (secondary N) is 2. The first-order chi connectivity index (χ1) is 12.1. The number of amides is 3. The second-order valence-corrected chi connectivity index (χ2v) is 8.08. The number of ether oxygens (including phenoxy) is 1. The summed E-state index contributed by atoms with van der Waals surface area (Å²) in [6.45, 7) is 6.53. The molecule has 26 heavy (non-hydrogen) atoms. The van der Waals surface area contributed by atoms with Crippen LogP contribution in [0.15, 0.2) is 29.2 Å². The molecule has 1 aromatic rings. The molecule has 9 heteroatoms. The largest absolute Gasteiger partial charge is 0.444 e. The molecule has 1 aliphatic heterocycles. The Kier molecular flexibility index (Phi) is 6.60. The maximum Gasteiger partial charge on any atom is 0.410 e. The summed E-state index contributed by atoms with van der Waals surface area (Å²) < 4.78 is 25.2. The maximum absolute atomic E-state index is 12.1. The van der Waals surface area contributed by atoms with Gasteiger partial charge in [0.1, 0.15) is 5.60 Å². The Morgan fingerprint density at radius 2 is 1.77 bits per heavy atom. The van der Waals surface area contributed by atoms with E-state index in [0.717, 1.165) is 0 Å². The number of nitrogens with zero attached hydrogens (tertiary/aromatic N) is 1.